The number of nitrogens with one attached hydrogen (secondary N) is 3. The second kappa shape index (κ2) is 5.78. The van der Waals surface area contributed by atoms with E-state index in [1.54, 1.807) is 12.1 Å². The molecule has 3 rings (SSSR count). The number of aromatic nitrogens is 2. The number of anilines is 1. The van der Waals surface area contributed by atoms with E-state index in [4.69, 9.17) is 11.6 Å². The first-order valence-electron chi connectivity index (χ1n) is 6.59. The van der Waals surface area contributed by atoms with E-state index in [1.165, 1.54) is 0 Å². The molecule has 20 heavy (non-hydrogen) atoms. The summed E-state index contributed by atoms with van der Waals surface area (Å²) >= 11 is 5.91. The van der Waals surface area contributed by atoms with E-state index in [2.05, 4.69) is 25.7 Å². The number of H-pyrrole nitrogens is 1. The third-order valence-electron chi connectivity index (χ3n) is 3.36. The molecule has 106 valence electrons. The Hall–Kier alpha value is -1.63. The topological polar surface area (TPSA) is 73.1 Å². The van der Waals surface area contributed by atoms with E-state index < -0.39 is 0 Å². The molecule has 0 atom stereocenters. The summed E-state index contributed by atoms with van der Waals surface area (Å²) in [5.41, 5.74) is 0.815. The minimum atomic E-state index is -0.0461. The third kappa shape index (κ3) is 2.92. The largest absolute Gasteiger partial charge is 0.314 e. The predicted molar refractivity (Wildman–Crippen MR) is 79.0 cm³/mol. The number of carbonyl (C=O) groups is 1. The molecule has 1 amide bonds. The summed E-state index contributed by atoms with van der Waals surface area (Å²) in [6, 6.07) is 5.42. The molecule has 3 N–H and O–H groups in total. The van der Waals surface area contributed by atoms with Crippen molar-refractivity contribution in [3.05, 3.63) is 23.2 Å². The van der Waals surface area contributed by atoms with Crippen molar-refractivity contribution in [2.75, 3.05) is 38.0 Å². The van der Waals surface area contributed by atoms with Gasteiger partial charge in [-0.25, -0.2) is 0 Å². The van der Waals surface area contributed by atoms with Gasteiger partial charge in [0, 0.05) is 36.6 Å². The number of nitrogens with zero attached hydrogens (tertiary/aromatic N) is 2. The Balaban J connectivity index is 1.67. The number of hydrogen-bond acceptors (Lipinski definition) is 4. The third-order valence-corrected chi connectivity index (χ3v) is 3.59. The molecule has 0 bridgehead atoms. The van der Waals surface area contributed by atoms with Gasteiger partial charge in [0.15, 0.2) is 5.82 Å². The van der Waals surface area contributed by atoms with Crippen LogP contribution in [0.15, 0.2) is 18.2 Å². The maximum absolute atomic E-state index is 12.0. The van der Waals surface area contributed by atoms with E-state index in [0.717, 1.165) is 37.1 Å². The fraction of sp³-hybridized carbons (Fsp3) is 0.385. The molecule has 1 aliphatic heterocycles. The van der Waals surface area contributed by atoms with E-state index in [1.807, 2.05) is 6.07 Å². The summed E-state index contributed by atoms with van der Waals surface area (Å²) in [4.78, 5) is 14.2. The molecule has 0 aliphatic carbocycles. The van der Waals surface area contributed by atoms with E-state index in [-0.39, 0.29) is 5.91 Å². The summed E-state index contributed by atoms with van der Waals surface area (Å²) in [6.45, 7) is 4.03. The summed E-state index contributed by atoms with van der Waals surface area (Å²) < 4.78 is 0. The summed E-state index contributed by atoms with van der Waals surface area (Å²) in [7, 11) is 0. The molecule has 0 unspecified atom stereocenters. The lowest BCUT2D eigenvalue weighted by atomic mass is 10.2. The zero-order chi connectivity index (χ0) is 13.9. The molecule has 0 saturated carbocycles. The first kappa shape index (κ1) is 13.4. The molecule has 1 aromatic heterocycles. The smallest absolute Gasteiger partial charge is 0.239 e. The van der Waals surface area contributed by atoms with E-state index in [0.29, 0.717) is 17.4 Å². The Morgan fingerprint density at radius 3 is 3.00 bits per heavy atom. The predicted octanol–water partition coefficient (Wildman–Crippen LogP) is 1.06. The monoisotopic (exact) mass is 293 g/mol. The number of aromatic amines is 1. The molecule has 1 aliphatic rings. The van der Waals surface area contributed by atoms with Crippen LogP contribution < -0.4 is 10.6 Å². The molecular weight excluding hydrogens is 278 g/mol. The Morgan fingerprint density at radius 1 is 1.40 bits per heavy atom. The number of piperazine rings is 1. The normalized spacial score (nSPS) is 16.4. The molecule has 6 nitrogen and oxygen atoms in total. The molecule has 2 heterocycles. The van der Waals surface area contributed by atoms with Gasteiger partial charge in [-0.2, -0.15) is 5.10 Å². The Kier molecular flexibility index (Phi) is 3.86. The van der Waals surface area contributed by atoms with Gasteiger partial charge in [0.2, 0.25) is 5.91 Å². The van der Waals surface area contributed by atoms with Crippen LogP contribution in [0.3, 0.4) is 0 Å². The standard InChI is InChI=1S/C13H16ClN5O/c14-9-1-2-10-11(7-9)17-18-13(10)16-12(20)8-19-5-3-15-4-6-19/h1-2,7,15H,3-6,8H2,(H2,16,17,18,20). The average Bonchev–Trinajstić information content (AvgIpc) is 2.82. The fourth-order valence-corrected chi connectivity index (χ4v) is 2.50. The highest BCUT2D eigenvalue weighted by Gasteiger charge is 2.15. The number of halogens is 1. The first-order chi connectivity index (χ1) is 9.72. The van der Waals surface area contributed by atoms with Gasteiger partial charge in [-0.15, -0.1) is 0 Å². The fourth-order valence-electron chi connectivity index (χ4n) is 2.33. The molecule has 1 fully saturated rings. The van der Waals surface area contributed by atoms with Crippen LogP contribution in [0.2, 0.25) is 5.02 Å². The summed E-state index contributed by atoms with van der Waals surface area (Å²) in [5, 5.41) is 14.6. The van der Waals surface area contributed by atoms with Gasteiger partial charge in [0.1, 0.15) is 0 Å². The number of hydrogen-bond donors (Lipinski definition) is 3. The Bertz CT molecular complexity index is 620. The van der Waals surface area contributed by atoms with E-state index in [9.17, 15) is 4.79 Å². The first-order valence-corrected chi connectivity index (χ1v) is 6.97. The van der Waals surface area contributed by atoms with Crippen molar-refractivity contribution >= 4 is 34.2 Å². The van der Waals surface area contributed by atoms with Gasteiger partial charge in [0.05, 0.1) is 12.1 Å². The van der Waals surface area contributed by atoms with Crippen LogP contribution in [0.5, 0.6) is 0 Å². The minimum absolute atomic E-state index is 0.0461. The van der Waals surface area contributed by atoms with E-state index >= 15 is 0 Å². The molecular formula is C13H16ClN5O. The highest BCUT2D eigenvalue weighted by Crippen LogP contribution is 2.23. The minimum Gasteiger partial charge on any atom is -0.314 e. The van der Waals surface area contributed by atoms with Crippen LogP contribution in [0.1, 0.15) is 0 Å². The number of rotatable bonds is 3. The highest BCUT2D eigenvalue weighted by molar-refractivity contribution is 6.31. The van der Waals surface area contributed by atoms with Crippen LogP contribution in [0.4, 0.5) is 5.82 Å². The van der Waals surface area contributed by atoms with Gasteiger partial charge >= 0.3 is 0 Å². The lowest BCUT2D eigenvalue weighted by Crippen LogP contribution is -2.46. The highest BCUT2D eigenvalue weighted by atomic mass is 35.5. The van der Waals surface area contributed by atoms with Crippen molar-refractivity contribution in [2.45, 2.75) is 0 Å². The average molecular weight is 294 g/mol. The zero-order valence-corrected chi connectivity index (χ0v) is 11.7. The molecule has 1 saturated heterocycles. The summed E-state index contributed by atoms with van der Waals surface area (Å²) in [6.07, 6.45) is 0. The number of carbonyl (C=O) groups excluding carboxylic acids is 1. The molecule has 0 radical (unpaired) electrons. The van der Waals surface area contributed by atoms with Gasteiger partial charge < -0.3 is 10.6 Å². The van der Waals surface area contributed by atoms with Gasteiger partial charge in [-0.1, -0.05) is 11.6 Å². The number of fused-ring (bicyclic) bond motifs is 1. The second-order valence-corrected chi connectivity index (χ2v) is 5.27. The van der Waals surface area contributed by atoms with Crippen molar-refractivity contribution in [3.8, 4) is 0 Å². The molecule has 2 aromatic rings. The zero-order valence-electron chi connectivity index (χ0n) is 10.9. The summed E-state index contributed by atoms with van der Waals surface area (Å²) in [5.74, 6) is 0.507. The van der Waals surface area contributed by atoms with Crippen LogP contribution in [0, 0.1) is 0 Å². The van der Waals surface area contributed by atoms with Crippen LogP contribution in [-0.2, 0) is 4.79 Å². The second-order valence-electron chi connectivity index (χ2n) is 4.84. The lowest BCUT2D eigenvalue weighted by molar-refractivity contribution is -0.117. The van der Waals surface area contributed by atoms with Crippen molar-refractivity contribution in [2.24, 2.45) is 0 Å². The van der Waals surface area contributed by atoms with Gasteiger partial charge in [-0.3, -0.25) is 14.8 Å². The van der Waals surface area contributed by atoms with Crippen LogP contribution in [-0.4, -0.2) is 53.7 Å². The van der Waals surface area contributed by atoms with Crippen molar-refractivity contribution in [1.29, 1.82) is 0 Å². The van der Waals surface area contributed by atoms with Crippen LogP contribution >= 0.6 is 11.6 Å². The SMILES string of the molecule is O=C(CN1CCNCC1)Nc1n[nH]c2cc(Cl)ccc12. The Morgan fingerprint density at radius 2 is 2.20 bits per heavy atom. The quantitative estimate of drug-likeness (QED) is 0.791. The number of benzene rings is 1. The Labute approximate surface area is 121 Å². The number of amides is 1. The molecule has 0 spiro atoms. The lowest BCUT2D eigenvalue weighted by Gasteiger charge is -2.26. The maximum Gasteiger partial charge on any atom is 0.239 e. The molecule has 1 aromatic carbocycles. The van der Waals surface area contributed by atoms with Gasteiger partial charge in [-0.05, 0) is 18.2 Å². The van der Waals surface area contributed by atoms with Crippen molar-refractivity contribution < 1.29 is 4.79 Å². The maximum atomic E-state index is 12.0. The molecule has 7 heteroatoms. The van der Waals surface area contributed by atoms with Crippen molar-refractivity contribution in [1.82, 2.24) is 20.4 Å². The van der Waals surface area contributed by atoms with Crippen LogP contribution in [0.25, 0.3) is 10.9 Å². The van der Waals surface area contributed by atoms with Gasteiger partial charge in [0.25, 0.3) is 0 Å². The van der Waals surface area contributed by atoms with Crippen molar-refractivity contribution in [3.63, 3.8) is 0 Å².